The van der Waals surface area contributed by atoms with Crippen molar-refractivity contribution in [2.75, 3.05) is 48.4 Å². The molecule has 1 aromatic carbocycles. The zero-order valence-electron chi connectivity index (χ0n) is 19.2. The maximum atomic E-state index is 12.7. The minimum atomic E-state index is -0.353. The fourth-order valence-corrected chi connectivity index (χ4v) is 3.67. The Labute approximate surface area is 202 Å². The van der Waals surface area contributed by atoms with E-state index in [0.717, 1.165) is 31.2 Å². The number of amides is 2. The Hall–Kier alpha value is -2.04. The van der Waals surface area contributed by atoms with E-state index in [1.807, 2.05) is 38.4 Å². The molecule has 1 saturated carbocycles. The first-order chi connectivity index (χ1) is 14.3. The summed E-state index contributed by atoms with van der Waals surface area (Å²) >= 11 is 0. The zero-order chi connectivity index (χ0) is 22.1. The van der Waals surface area contributed by atoms with Crippen LogP contribution >= 0.6 is 24.0 Å². The van der Waals surface area contributed by atoms with Crippen molar-refractivity contribution in [1.82, 2.24) is 20.4 Å². The fraction of sp³-hybridized carbons (Fsp3) is 0.591. The summed E-state index contributed by atoms with van der Waals surface area (Å²) in [6.07, 6.45) is 3.96. The number of rotatable bonds is 8. The van der Waals surface area contributed by atoms with Crippen LogP contribution in [-0.4, -0.2) is 76.0 Å². The van der Waals surface area contributed by atoms with Gasteiger partial charge in [0.15, 0.2) is 12.6 Å². The number of carbonyl (C=O) groups is 2. The standard InChI is InChI=1S/C22H35N5O3.HI/c1-23-21(25-16-22(11-6-7-12-22)20(29)27(4)5)24-14-17-9-8-10-18(13-17)30-15-19(28)26(2)3;/h8-10,13H,6-7,11-12,14-16H2,1-5H3,(H2,23,24,25);1H. The summed E-state index contributed by atoms with van der Waals surface area (Å²) in [6, 6.07) is 7.61. The summed E-state index contributed by atoms with van der Waals surface area (Å²) in [5, 5.41) is 6.62. The molecule has 0 unspecified atom stereocenters. The number of nitrogens with zero attached hydrogens (tertiary/aromatic N) is 3. The highest BCUT2D eigenvalue weighted by molar-refractivity contribution is 14.0. The van der Waals surface area contributed by atoms with Gasteiger partial charge in [0.05, 0.1) is 5.41 Å². The second-order valence-corrected chi connectivity index (χ2v) is 8.19. The van der Waals surface area contributed by atoms with Crippen molar-refractivity contribution in [2.24, 2.45) is 10.4 Å². The lowest BCUT2D eigenvalue weighted by atomic mass is 9.84. The first-order valence-electron chi connectivity index (χ1n) is 10.4. The van der Waals surface area contributed by atoms with Crippen LogP contribution in [0.1, 0.15) is 31.2 Å². The van der Waals surface area contributed by atoms with Crippen LogP contribution in [0.15, 0.2) is 29.3 Å². The van der Waals surface area contributed by atoms with Gasteiger partial charge in [0.2, 0.25) is 5.91 Å². The van der Waals surface area contributed by atoms with E-state index in [-0.39, 0.29) is 47.8 Å². The third-order valence-electron chi connectivity index (χ3n) is 5.46. The smallest absolute Gasteiger partial charge is 0.259 e. The molecule has 0 radical (unpaired) electrons. The number of guanidine groups is 1. The van der Waals surface area contributed by atoms with Gasteiger partial charge in [-0.1, -0.05) is 25.0 Å². The maximum absolute atomic E-state index is 12.7. The van der Waals surface area contributed by atoms with E-state index in [1.54, 1.807) is 26.0 Å². The van der Waals surface area contributed by atoms with Crippen LogP contribution in [-0.2, 0) is 16.1 Å². The van der Waals surface area contributed by atoms with E-state index in [9.17, 15) is 9.59 Å². The Bertz CT molecular complexity index is 761. The number of likely N-dealkylation sites (N-methyl/N-ethyl adjacent to an activating group) is 1. The molecule has 174 valence electrons. The number of carbonyl (C=O) groups excluding carboxylic acids is 2. The molecule has 0 spiro atoms. The molecule has 0 heterocycles. The van der Waals surface area contributed by atoms with Crippen molar-refractivity contribution < 1.29 is 14.3 Å². The first-order valence-corrected chi connectivity index (χ1v) is 10.4. The lowest BCUT2D eigenvalue weighted by molar-refractivity contribution is -0.138. The van der Waals surface area contributed by atoms with Gasteiger partial charge in [0, 0.05) is 48.3 Å². The monoisotopic (exact) mass is 545 g/mol. The third kappa shape index (κ3) is 7.86. The summed E-state index contributed by atoms with van der Waals surface area (Å²) < 4.78 is 5.57. The Morgan fingerprint density at radius 2 is 1.77 bits per heavy atom. The van der Waals surface area contributed by atoms with E-state index in [2.05, 4.69) is 15.6 Å². The lowest BCUT2D eigenvalue weighted by Crippen LogP contribution is -2.49. The third-order valence-corrected chi connectivity index (χ3v) is 5.46. The predicted molar refractivity (Wildman–Crippen MR) is 134 cm³/mol. The van der Waals surface area contributed by atoms with Crippen LogP contribution in [0.4, 0.5) is 0 Å². The van der Waals surface area contributed by atoms with Gasteiger partial charge in [-0.25, -0.2) is 0 Å². The molecule has 2 amide bonds. The van der Waals surface area contributed by atoms with Gasteiger partial charge in [-0.3, -0.25) is 14.6 Å². The summed E-state index contributed by atoms with van der Waals surface area (Å²) in [6.45, 7) is 1.13. The first kappa shape index (κ1) is 27.0. The SMILES string of the molecule is CN=C(NCc1cccc(OCC(=O)N(C)C)c1)NCC1(C(=O)N(C)C)CCCC1.I. The zero-order valence-corrected chi connectivity index (χ0v) is 21.6. The molecule has 0 atom stereocenters. The molecular formula is C22H36IN5O3. The summed E-state index contributed by atoms with van der Waals surface area (Å²) in [4.78, 5) is 31.9. The highest BCUT2D eigenvalue weighted by Crippen LogP contribution is 2.38. The molecule has 2 rings (SSSR count). The Morgan fingerprint density at radius 3 is 2.35 bits per heavy atom. The molecule has 31 heavy (non-hydrogen) atoms. The van der Waals surface area contributed by atoms with E-state index in [4.69, 9.17) is 4.74 Å². The minimum Gasteiger partial charge on any atom is -0.484 e. The number of halogens is 1. The van der Waals surface area contributed by atoms with Gasteiger partial charge in [-0.05, 0) is 30.5 Å². The quantitative estimate of drug-likeness (QED) is 0.297. The molecular weight excluding hydrogens is 509 g/mol. The van der Waals surface area contributed by atoms with E-state index < -0.39 is 0 Å². The van der Waals surface area contributed by atoms with Crippen molar-refractivity contribution in [3.05, 3.63) is 29.8 Å². The summed E-state index contributed by atoms with van der Waals surface area (Å²) in [5.74, 6) is 1.40. The van der Waals surface area contributed by atoms with Crippen LogP contribution in [0.2, 0.25) is 0 Å². The average Bonchev–Trinajstić information content (AvgIpc) is 3.21. The van der Waals surface area contributed by atoms with E-state index in [0.29, 0.717) is 24.8 Å². The van der Waals surface area contributed by atoms with E-state index >= 15 is 0 Å². The van der Waals surface area contributed by atoms with Crippen LogP contribution in [0.25, 0.3) is 0 Å². The maximum Gasteiger partial charge on any atom is 0.259 e. The summed E-state index contributed by atoms with van der Waals surface area (Å²) in [5.41, 5.74) is 0.654. The van der Waals surface area contributed by atoms with Gasteiger partial charge >= 0.3 is 0 Å². The second kappa shape index (κ2) is 12.7. The molecule has 1 aliphatic carbocycles. The van der Waals surface area contributed by atoms with Crippen molar-refractivity contribution in [3.8, 4) is 5.75 Å². The van der Waals surface area contributed by atoms with Gasteiger partial charge in [0.25, 0.3) is 5.91 Å². The molecule has 0 aromatic heterocycles. The number of hydrogen-bond acceptors (Lipinski definition) is 4. The second-order valence-electron chi connectivity index (χ2n) is 8.19. The molecule has 1 aromatic rings. The van der Waals surface area contributed by atoms with Crippen LogP contribution in [0.3, 0.4) is 0 Å². The lowest BCUT2D eigenvalue weighted by Gasteiger charge is -2.31. The van der Waals surface area contributed by atoms with Crippen LogP contribution < -0.4 is 15.4 Å². The fourth-order valence-electron chi connectivity index (χ4n) is 3.67. The van der Waals surface area contributed by atoms with Crippen LogP contribution in [0, 0.1) is 5.41 Å². The Morgan fingerprint density at radius 1 is 1.10 bits per heavy atom. The highest BCUT2D eigenvalue weighted by Gasteiger charge is 2.42. The molecule has 0 aliphatic heterocycles. The number of benzene rings is 1. The van der Waals surface area contributed by atoms with Crippen LogP contribution in [0.5, 0.6) is 5.75 Å². The molecule has 1 aliphatic rings. The van der Waals surface area contributed by atoms with E-state index in [1.165, 1.54) is 4.90 Å². The average molecular weight is 545 g/mol. The van der Waals surface area contributed by atoms with Crippen molar-refractivity contribution in [1.29, 1.82) is 0 Å². The highest BCUT2D eigenvalue weighted by atomic mass is 127. The normalized spacial score (nSPS) is 14.9. The molecule has 9 heteroatoms. The number of hydrogen-bond donors (Lipinski definition) is 2. The number of aliphatic imine (C=N–C) groups is 1. The van der Waals surface area contributed by atoms with Crippen molar-refractivity contribution >= 4 is 41.8 Å². The predicted octanol–water partition coefficient (Wildman–Crippen LogP) is 2.09. The van der Waals surface area contributed by atoms with Crippen molar-refractivity contribution in [3.63, 3.8) is 0 Å². The topological polar surface area (TPSA) is 86.3 Å². The Kier molecular flexibility index (Phi) is 11.1. The van der Waals surface area contributed by atoms with Gasteiger partial charge in [-0.2, -0.15) is 0 Å². The molecule has 0 saturated heterocycles. The summed E-state index contributed by atoms with van der Waals surface area (Å²) in [7, 11) is 8.75. The minimum absolute atomic E-state index is 0. The molecule has 8 nitrogen and oxygen atoms in total. The Balaban J connectivity index is 0.00000480. The largest absolute Gasteiger partial charge is 0.484 e. The molecule has 2 N–H and O–H groups in total. The van der Waals surface area contributed by atoms with Gasteiger partial charge < -0.3 is 25.2 Å². The van der Waals surface area contributed by atoms with Gasteiger partial charge in [0.1, 0.15) is 5.75 Å². The van der Waals surface area contributed by atoms with Gasteiger partial charge in [-0.15, -0.1) is 24.0 Å². The molecule has 1 fully saturated rings. The number of nitrogens with one attached hydrogen (secondary N) is 2. The molecule has 0 bridgehead atoms. The van der Waals surface area contributed by atoms with Crippen molar-refractivity contribution in [2.45, 2.75) is 32.2 Å². The number of ether oxygens (including phenoxy) is 1.